The highest BCUT2D eigenvalue weighted by atomic mass is 19.4. The van der Waals surface area contributed by atoms with Crippen molar-refractivity contribution < 1.29 is 74.0 Å². The summed E-state index contributed by atoms with van der Waals surface area (Å²) in [5, 5.41) is 39.6. The second-order valence-corrected chi connectivity index (χ2v) is 12.5. The Morgan fingerprint density at radius 2 is 1.34 bits per heavy atom. The number of nitrogens with two attached hydrogens (primary N) is 1. The van der Waals surface area contributed by atoms with Crippen molar-refractivity contribution in [2.24, 2.45) is 5.73 Å². The maximum atomic E-state index is 13.0. The molecule has 316 valence electrons. The summed E-state index contributed by atoms with van der Waals surface area (Å²) in [7, 11) is 0. The summed E-state index contributed by atoms with van der Waals surface area (Å²) in [6.07, 6.45) is -6.43. The Kier molecular flexibility index (Phi) is 19.0. The van der Waals surface area contributed by atoms with Gasteiger partial charge in [-0.1, -0.05) is 30.9 Å². The molecular weight excluding hydrogens is 779 g/mol. The maximum absolute atomic E-state index is 13.0. The van der Waals surface area contributed by atoms with Gasteiger partial charge in [0, 0.05) is 36.6 Å². The molecule has 1 amide bonds. The van der Waals surface area contributed by atoms with Gasteiger partial charge in [-0.05, 0) is 64.6 Å². The highest BCUT2D eigenvalue weighted by molar-refractivity contribution is 5.96. The molecule has 15 nitrogen and oxygen atoms in total. The zero-order valence-electron chi connectivity index (χ0n) is 30.0. The Morgan fingerprint density at radius 1 is 0.839 bits per heavy atom. The number of carboxylic acids is 3. The molecule has 56 heavy (non-hydrogen) atoms. The summed E-state index contributed by atoms with van der Waals surface area (Å²) in [6.45, 7) is 7.08. The molecule has 24 heteroatoms. The van der Waals surface area contributed by atoms with Gasteiger partial charge < -0.3 is 41.9 Å². The number of piperidine rings is 1. The average Bonchev–Trinajstić information content (AvgIpc) is 3.07. The lowest BCUT2D eigenvalue weighted by atomic mass is 9.90. The summed E-state index contributed by atoms with van der Waals surface area (Å²) in [5.41, 5.74) is 7.48. The van der Waals surface area contributed by atoms with E-state index in [1.165, 1.54) is 19.3 Å². The molecule has 1 aliphatic carbocycles. The van der Waals surface area contributed by atoms with E-state index in [2.05, 4.69) is 43.8 Å². The summed E-state index contributed by atoms with van der Waals surface area (Å²) >= 11 is 0. The van der Waals surface area contributed by atoms with Gasteiger partial charge in [-0.3, -0.25) is 10.2 Å². The number of carbonyl (C=O) groups excluding carboxylic acids is 1. The number of nitrogens with one attached hydrogen (secondary N) is 4. The van der Waals surface area contributed by atoms with Crippen LogP contribution < -0.4 is 21.7 Å². The Bertz CT molecular complexity index is 1590. The summed E-state index contributed by atoms with van der Waals surface area (Å²) in [6, 6.07) is 6.73. The Morgan fingerprint density at radius 3 is 1.82 bits per heavy atom. The molecule has 3 unspecified atom stereocenters. The van der Waals surface area contributed by atoms with E-state index in [4.69, 9.17) is 40.8 Å². The number of benzene rings is 1. The number of fused-ring (bicyclic) bond motifs is 1. The monoisotopic (exact) mass is 822 g/mol. The summed E-state index contributed by atoms with van der Waals surface area (Å²) < 4.78 is 95.2. The lowest BCUT2D eigenvalue weighted by Gasteiger charge is -2.33. The van der Waals surface area contributed by atoms with Crippen LogP contribution in [0, 0.1) is 12.3 Å². The molecule has 2 fully saturated rings. The van der Waals surface area contributed by atoms with Gasteiger partial charge in [0.15, 0.2) is 5.96 Å². The third-order valence-electron chi connectivity index (χ3n) is 8.06. The molecule has 1 aromatic heterocycles. The molecule has 2 heterocycles. The van der Waals surface area contributed by atoms with Gasteiger partial charge in [0.25, 0.3) is 5.91 Å². The SMILES string of the molecule is Cc1ccc2nc(C(=O)NCCCN3CCCCC3C)nc(NC3CCCCC3NC(=N)N)c2c1.O=C(O)C(F)(F)F.O=C(O)C(F)(F)F.O=C(O)C(F)(F)F. The number of anilines is 1. The van der Waals surface area contributed by atoms with Gasteiger partial charge in [0.2, 0.25) is 5.82 Å². The number of aliphatic carboxylic acids is 3. The van der Waals surface area contributed by atoms with E-state index in [-0.39, 0.29) is 29.8 Å². The fourth-order valence-corrected chi connectivity index (χ4v) is 5.36. The van der Waals surface area contributed by atoms with Crippen LogP contribution in [0.15, 0.2) is 18.2 Å². The first-order chi connectivity index (χ1) is 25.7. The molecule has 9 N–H and O–H groups in total. The fraction of sp³-hybridized carbons (Fsp3) is 0.594. The third kappa shape index (κ3) is 18.0. The number of carbonyl (C=O) groups is 4. The van der Waals surface area contributed by atoms with E-state index in [1.807, 2.05) is 19.1 Å². The molecule has 2 aliphatic rings. The van der Waals surface area contributed by atoms with Crippen molar-refractivity contribution in [2.45, 2.75) is 102 Å². The predicted molar refractivity (Wildman–Crippen MR) is 182 cm³/mol. The summed E-state index contributed by atoms with van der Waals surface area (Å²) in [4.78, 5) is 51.4. The number of amides is 1. The number of halogens is 9. The normalized spacial score (nSPS) is 18.7. The minimum atomic E-state index is -5.08. The Balaban J connectivity index is 0.000000610. The van der Waals surface area contributed by atoms with Crippen molar-refractivity contribution in [3.05, 3.63) is 29.6 Å². The number of hydrogen-bond donors (Lipinski definition) is 8. The van der Waals surface area contributed by atoms with Crippen molar-refractivity contribution in [3.63, 3.8) is 0 Å². The van der Waals surface area contributed by atoms with E-state index in [1.54, 1.807) is 0 Å². The summed E-state index contributed by atoms with van der Waals surface area (Å²) in [5.74, 6) is -7.70. The van der Waals surface area contributed by atoms with Crippen LogP contribution >= 0.6 is 0 Å². The number of rotatable bonds is 8. The first-order valence-electron chi connectivity index (χ1n) is 16.8. The molecule has 4 rings (SSSR count). The number of carboxylic acid groups (broad SMARTS) is 3. The molecule has 1 saturated heterocycles. The number of guanidine groups is 1. The lowest BCUT2D eigenvalue weighted by molar-refractivity contribution is -0.193. The average molecular weight is 823 g/mol. The van der Waals surface area contributed by atoms with Crippen LogP contribution in [-0.2, 0) is 14.4 Å². The number of aryl methyl sites for hydroxylation is 1. The van der Waals surface area contributed by atoms with Crippen molar-refractivity contribution in [2.75, 3.05) is 25.0 Å². The molecule has 1 aromatic carbocycles. The van der Waals surface area contributed by atoms with Crippen molar-refractivity contribution >= 4 is 46.5 Å². The molecule has 0 spiro atoms. The quantitative estimate of drug-likeness (QED) is 0.0754. The van der Waals surface area contributed by atoms with Crippen LogP contribution in [0.1, 0.15) is 74.5 Å². The predicted octanol–water partition coefficient (Wildman–Crippen LogP) is 5.04. The fourth-order valence-electron chi connectivity index (χ4n) is 5.36. The minimum absolute atomic E-state index is 0.0221. The van der Waals surface area contributed by atoms with E-state index in [0.29, 0.717) is 18.4 Å². The van der Waals surface area contributed by atoms with Gasteiger partial charge >= 0.3 is 36.4 Å². The molecule has 3 atom stereocenters. The molecule has 0 radical (unpaired) electrons. The zero-order chi connectivity index (χ0) is 43.0. The first kappa shape index (κ1) is 48.9. The Labute approximate surface area is 313 Å². The minimum Gasteiger partial charge on any atom is -0.475 e. The number of nitrogens with zero attached hydrogens (tertiary/aromatic N) is 3. The smallest absolute Gasteiger partial charge is 0.475 e. The van der Waals surface area contributed by atoms with Gasteiger partial charge in [-0.2, -0.15) is 39.5 Å². The molecule has 2 aromatic rings. The second kappa shape index (κ2) is 21.8. The molecular formula is C32H43F9N8O7. The molecule has 0 bridgehead atoms. The van der Waals surface area contributed by atoms with Crippen LogP contribution in [-0.4, -0.2) is 116 Å². The van der Waals surface area contributed by atoms with Gasteiger partial charge in [-0.15, -0.1) is 0 Å². The number of likely N-dealkylation sites (tertiary alicyclic amines) is 1. The van der Waals surface area contributed by atoms with E-state index >= 15 is 0 Å². The number of alkyl halides is 9. The van der Waals surface area contributed by atoms with Gasteiger partial charge in [-0.25, -0.2) is 24.4 Å². The second-order valence-electron chi connectivity index (χ2n) is 12.5. The number of aromatic nitrogens is 2. The Hall–Kier alpha value is -5.16. The molecule has 1 saturated carbocycles. The van der Waals surface area contributed by atoms with Crippen LogP contribution in [0.25, 0.3) is 10.9 Å². The topological polar surface area (TPSA) is 244 Å². The van der Waals surface area contributed by atoms with Crippen molar-refractivity contribution in [1.82, 2.24) is 25.5 Å². The largest absolute Gasteiger partial charge is 0.490 e. The maximum Gasteiger partial charge on any atom is 0.490 e. The highest BCUT2D eigenvalue weighted by Crippen LogP contribution is 2.27. The van der Waals surface area contributed by atoms with Crippen LogP contribution in [0.2, 0.25) is 0 Å². The van der Waals surface area contributed by atoms with Crippen LogP contribution in [0.4, 0.5) is 45.3 Å². The van der Waals surface area contributed by atoms with Crippen molar-refractivity contribution in [3.8, 4) is 0 Å². The standard InChI is InChI=1S/C26H40N8O.3C2HF3O2/c1-17-11-12-20-19(16-17)23(31-21-9-3-4-10-22(21)32-26(27)28)33-24(30-20)25(35)29-13-7-15-34-14-6-5-8-18(34)2;3*3-2(4,5)1(6)7/h11-12,16,18,21-22H,3-10,13-15H2,1-2H3,(H,29,35)(H4,27,28,32)(H,30,31,33);3*(H,6,7). The van der Waals surface area contributed by atoms with E-state index in [9.17, 15) is 44.3 Å². The van der Waals surface area contributed by atoms with Crippen LogP contribution in [0.5, 0.6) is 0 Å². The van der Waals surface area contributed by atoms with Gasteiger partial charge in [0.1, 0.15) is 5.82 Å². The zero-order valence-corrected chi connectivity index (χ0v) is 30.0. The number of hydrogen-bond acceptors (Lipinski definition) is 9. The lowest BCUT2D eigenvalue weighted by Crippen LogP contribution is -2.50. The first-order valence-corrected chi connectivity index (χ1v) is 16.8. The van der Waals surface area contributed by atoms with E-state index < -0.39 is 36.4 Å². The van der Waals surface area contributed by atoms with E-state index in [0.717, 1.165) is 61.7 Å². The van der Waals surface area contributed by atoms with Crippen molar-refractivity contribution in [1.29, 1.82) is 5.41 Å². The van der Waals surface area contributed by atoms with Crippen LogP contribution in [0.3, 0.4) is 0 Å². The molecule has 1 aliphatic heterocycles. The van der Waals surface area contributed by atoms with Gasteiger partial charge in [0.05, 0.1) is 5.52 Å². The third-order valence-corrected chi connectivity index (χ3v) is 8.06. The highest BCUT2D eigenvalue weighted by Gasteiger charge is 2.39.